The molecule has 2 aliphatic rings. The molecule has 100 valence electrons. The lowest BCUT2D eigenvalue weighted by molar-refractivity contribution is -0.176. The highest BCUT2D eigenvalue weighted by Crippen LogP contribution is 2.12. The number of thioether (sulfide) groups is 1. The second-order valence-electron chi connectivity index (χ2n) is 3.19. The molecule has 0 aliphatic carbocycles. The molecule has 2 heterocycles. The monoisotopic (exact) mass is 276 g/mol. The van der Waals surface area contributed by atoms with Crippen molar-refractivity contribution in [3.05, 3.63) is 0 Å². The third-order valence-electron chi connectivity index (χ3n) is 1.94. The Labute approximate surface area is 107 Å². The minimum Gasteiger partial charge on any atom is -0.436 e. The molecule has 2 rings (SSSR count). The van der Waals surface area contributed by atoms with Crippen LogP contribution in [0.25, 0.3) is 0 Å². The van der Waals surface area contributed by atoms with Crippen LogP contribution in [0, 0.1) is 0 Å². The van der Waals surface area contributed by atoms with Gasteiger partial charge in [0.05, 0.1) is 7.11 Å². The molecule has 18 heavy (non-hydrogen) atoms. The largest absolute Gasteiger partial charge is 0.533 e. The predicted molar refractivity (Wildman–Crippen MR) is 60.4 cm³/mol. The molecule has 2 fully saturated rings. The highest BCUT2D eigenvalue weighted by Gasteiger charge is 2.33. The smallest absolute Gasteiger partial charge is 0.436 e. The van der Waals surface area contributed by atoms with Gasteiger partial charge in [-0.05, 0) is 0 Å². The first-order valence-corrected chi connectivity index (χ1v) is 6.05. The van der Waals surface area contributed by atoms with Crippen LogP contribution >= 0.6 is 11.8 Å². The fraction of sp³-hybridized carbons (Fsp3) is 0.556. The first-order valence-electron chi connectivity index (χ1n) is 5.07. The van der Waals surface area contributed by atoms with E-state index in [1.165, 1.54) is 11.8 Å². The van der Waals surface area contributed by atoms with Gasteiger partial charge in [0.2, 0.25) is 0 Å². The number of nitrogens with zero attached hydrogens (tertiary/aromatic N) is 1. The van der Waals surface area contributed by atoms with Crippen molar-refractivity contribution >= 4 is 35.0 Å². The Hall–Kier alpha value is -1.77. The predicted octanol–water partition coefficient (Wildman–Crippen LogP) is 0.276. The third-order valence-corrected chi connectivity index (χ3v) is 2.76. The molecule has 0 aromatic rings. The van der Waals surface area contributed by atoms with E-state index in [9.17, 15) is 19.2 Å². The molecule has 3 amide bonds. The molecule has 9 heteroatoms. The summed E-state index contributed by atoms with van der Waals surface area (Å²) in [5.41, 5.74) is 0. The molecule has 0 saturated carbocycles. The minimum absolute atomic E-state index is 0.0792. The Bertz CT molecular complexity index is 348. The number of carbonyl (C=O) groups excluding carboxylic acids is 4. The molecule has 0 atom stereocenters. The number of methoxy groups -OCH3 is 1. The van der Waals surface area contributed by atoms with Crippen molar-refractivity contribution < 1.29 is 28.8 Å². The first-order chi connectivity index (χ1) is 8.54. The summed E-state index contributed by atoms with van der Waals surface area (Å²) < 4.78 is 4.10. The number of hydroxylamine groups is 2. The van der Waals surface area contributed by atoms with E-state index in [1.54, 1.807) is 0 Å². The van der Waals surface area contributed by atoms with Gasteiger partial charge in [0.1, 0.15) is 0 Å². The van der Waals surface area contributed by atoms with Crippen LogP contribution in [0.4, 0.5) is 9.59 Å². The van der Waals surface area contributed by atoms with E-state index in [1.807, 2.05) is 0 Å². The molecule has 1 N–H and O–H groups in total. The zero-order chi connectivity index (χ0) is 13.5. The summed E-state index contributed by atoms with van der Waals surface area (Å²) in [5.74, 6) is -0.102. The van der Waals surface area contributed by atoms with E-state index in [-0.39, 0.29) is 18.1 Å². The summed E-state index contributed by atoms with van der Waals surface area (Å²) >= 11 is 1.35. The van der Waals surface area contributed by atoms with Crippen molar-refractivity contribution in [1.82, 2.24) is 10.4 Å². The summed E-state index contributed by atoms with van der Waals surface area (Å²) in [6.07, 6.45) is -0.912. The minimum atomic E-state index is -1.07. The number of hydrogen-bond donors (Lipinski definition) is 1. The van der Waals surface area contributed by atoms with E-state index >= 15 is 0 Å². The maximum atomic E-state index is 10.8. The molecular weight excluding hydrogens is 264 g/mol. The first kappa shape index (κ1) is 14.3. The summed E-state index contributed by atoms with van der Waals surface area (Å²) in [7, 11) is 1.09. The van der Waals surface area contributed by atoms with Crippen molar-refractivity contribution in [3.63, 3.8) is 0 Å². The van der Waals surface area contributed by atoms with E-state index in [0.717, 1.165) is 19.4 Å². The molecule has 0 unspecified atom stereocenters. The Kier molecular flexibility index (Phi) is 5.43. The lowest BCUT2D eigenvalue weighted by Crippen LogP contribution is -2.31. The van der Waals surface area contributed by atoms with Gasteiger partial charge in [-0.15, -0.1) is 0 Å². The Morgan fingerprint density at radius 3 is 2.22 bits per heavy atom. The standard InChI is InChI=1S/C6H7NO5.C3H5NOS/c1-11-6(10)12-7-4(8)2-3-5(7)9;5-3-4-1-2-6-3/h2-3H2,1H3;1-2H2,(H,4,5). The van der Waals surface area contributed by atoms with E-state index in [4.69, 9.17) is 0 Å². The fourth-order valence-electron chi connectivity index (χ4n) is 1.12. The number of imide groups is 1. The van der Waals surface area contributed by atoms with Crippen molar-refractivity contribution in [2.45, 2.75) is 12.8 Å². The maximum absolute atomic E-state index is 10.8. The van der Waals surface area contributed by atoms with Crippen LogP contribution in [0.3, 0.4) is 0 Å². The van der Waals surface area contributed by atoms with Gasteiger partial charge in [-0.1, -0.05) is 16.8 Å². The van der Waals surface area contributed by atoms with Gasteiger partial charge in [0, 0.05) is 25.1 Å². The van der Waals surface area contributed by atoms with Gasteiger partial charge >= 0.3 is 6.16 Å². The molecule has 0 spiro atoms. The van der Waals surface area contributed by atoms with Crippen LogP contribution < -0.4 is 5.32 Å². The number of nitrogens with one attached hydrogen (secondary N) is 1. The van der Waals surface area contributed by atoms with Crippen molar-refractivity contribution in [2.24, 2.45) is 0 Å². The number of rotatable bonds is 1. The molecule has 0 radical (unpaired) electrons. The van der Waals surface area contributed by atoms with Crippen molar-refractivity contribution in [2.75, 3.05) is 19.4 Å². The average Bonchev–Trinajstić information content (AvgIpc) is 2.94. The van der Waals surface area contributed by atoms with Gasteiger partial charge in [0.25, 0.3) is 17.1 Å². The molecular formula is C9H12N2O6S. The number of ether oxygens (including phenoxy) is 1. The van der Waals surface area contributed by atoms with Gasteiger partial charge in [-0.3, -0.25) is 19.2 Å². The topological polar surface area (TPSA) is 102 Å². The Morgan fingerprint density at radius 1 is 1.28 bits per heavy atom. The lowest BCUT2D eigenvalue weighted by Gasteiger charge is -2.10. The quantitative estimate of drug-likeness (QED) is 0.542. The summed E-state index contributed by atoms with van der Waals surface area (Å²) in [4.78, 5) is 46.4. The lowest BCUT2D eigenvalue weighted by atomic mass is 10.4. The molecule has 0 aromatic heterocycles. The molecule has 0 aromatic carbocycles. The van der Waals surface area contributed by atoms with Crippen LogP contribution in [0.5, 0.6) is 0 Å². The van der Waals surface area contributed by atoms with Crippen molar-refractivity contribution in [3.8, 4) is 0 Å². The van der Waals surface area contributed by atoms with Crippen molar-refractivity contribution in [1.29, 1.82) is 0 Å². The van der Waals surface area contributed by atoms with Crippen LogP contribution in [0.15, 0.2) is 0 Å². The SMILES string of the molecule is COC(=O)ON1C(=O)CCC1=O.O=C1NCCS1. The highest BCUT2D eigenvalue weighted by atomic mass is 32.2. The second-order valence-corrected chi connectivity index (χ2v) is 4.26. The fourth-order valence-corrected chi connectivity index (χ4v) is 1.71. The normalized spacial score (nSPS) is 18.1. The second kappa shape index (κ2) is 6.84. The summed E-state index contributed by atoms with van der Waals surface area (Å²) in [6, 6.07) is 0. The third kappa shape index (κ3) is 4.24. The van der Waals surface area contributed by atoms with Crippen LogP contribution in [0.2, 0.25) is 0 Å². The number of amides is 3. The van der Waals surface area contributed by atoms with Crippen LogP contribution in [-0.4, -0.2) is 47.7 Å². The summed E-state index contributed by atoms with van der Waals surface area (Å²) in [6.45, 7) is 0.851. The Morgan fingerprint density at radius 2 is 1.89 bits per heavy atom. The molecule has 0 bridgehead atoms. The van der Waals surface area contributed by atoms with Gasteiger partial charge in [-0.2, -0.15) is 0 Å². The van der Waals surface area contributed by atoms with Crippen LogP contribution in [0.1, 0.15) is 12.8 Å². The number of hydrogen-bond acceptors (Lipinski definition) is 7. The van der Waals surface area contributed by atoms with Gasteiger partial charge < -0.3 is 10.1 Å². The van der Waals surface area contributed by atoms with E-state index in [2.05, 4.69) is 14.9 Å². The van der Waals surface area contributed by atoms with E-state index < -0.39 is 18.0 Å². The van der Waals surface area contributed by atoms with Gasteiger partial charge in [0.15, 0.2) is 0 Å². The molecule has 8 nitrogen and oxygen atoms in total. The van der Waals surface area contributed by atoms with E-state index in [0.29, 0.717) is 5.06 Å². The van der Waals surface area contributed by atoms with Gasteiger partial charge in [-0.25, -0.2) is 4.79 Å². The molecule has 2 aliphatic heterocycles. The van der Waals surface area contributed by atoms with Crippen LogP contribution in [-0.2, 0) is 19.2 Å². The molecule has 2 saturated heterocycles. The zero-order valence-corrected chi connectivity index (χ0v) is 10.4. The average molecular weight is 276 g/mol. The maximum Gasteiger partial charge on any atom is 0.533 e. The highest BCUT2D eigenvalue weighted by molar-refractivity contribution is 8.13. The Balaban J connectivity index is 0.000000225. The summed E-state index contributed by atoms with van der Waals surface area (Å²) in [5, 5.41) is 3.19. The zero-order valence-electron chi connectivity index (χ0n) is 9.63. The number of carbonyl (C=O) groups is 4.